The Morgan fingerprint density at radius 2 is 1.81 bits per heavy atom. The monoisotopic (exact) mass is 369 g/mol. The number of amides is 1. The minimum Gasteiger partial charge on any atom is -0.493 e. The molecule has 1 saturated heterocycles. The SMILES string of the molecule is COc1ccccc1OC(=O)C1CC(=O)N(c2ccc3c(c2)OCCO3)C1. The minimum absolute atomic E-state index is 0.0996. The van der Waals surface area contributed by atoms with Crippen LogP contribution in [0, 0.1) is 5.92 Å². The number of para-hydroxylation sites is 2. The fourth-order valence-corrected chi connectivity index (χ4v) is 3.21. The fourth-order valence-electron chi connectivity index (χ4n) is 3.21. The van der Waals surface area contributed by atoms with E-state index in [1.165, 1.54) is 7.11 Å². The minimum atomic E-state index is -0.546. The van der Waals surface area contributed by atoms with Crippen molar-refractivity contribution in [2.75, 3.05) is 31.8 Å². The first kappa shape index (κ1) is 17.2. The summed E-state index contributed by atoms with van der Waals surface area (Å²) in [5.41, 5.74) is 0.678. The maximum absolute atomic E-state index is 12.5. The van der Waals surface area contributed by atoms with Crippen LogP contribution in [0.1, 0.15) is 6.42 Å². The molecule has 7 nitrogen and oxygen atoms in total. The smallest absolute Gasteiger partial charge is 0.316 e. The van der Waals surface area contributed by atoms with E-state index in [1.807, 2.05) is 0 Å². The number of carbonyl (C=O) groups is 2. The number of fused-ring (bicyclic) bond motifs is 1. The van der Waals surface area contributed by atoms with Gasteiger partial charge < -0.3 is 23.8 Å². The highest BCUT2D eigenvalue weighted by atomic mass is 16.6. The molecule has 1 unspecified atom stereocenters. The molecule has 140 valence electrons. The number of carbonyl (C=O) groups excluding carboxylic acids is 2. The van der Waals surface area contributed by atoms with Gasteiger partial charge in [-0.05, 0) is 24.3 Å². The van der Waals surface area contributed by atoms with Crippen LogP contribution in [0.3, 0.4) is 0 Å². The Morgan fingerprint density at radius 1 is 1.07 bits per heavy atom. The zero-order chi connectivity index (χ0) is 18.8. The number of esters is 1. The highest BCUT2D eigenvalue weighted by Crippen LogP contribution is 2.36. The van der Waals surface area contributed by atoms with Crippen molar-refractivity contribution in [2.24, 2.45) is 5.92 Å². The average molecular weight is 369 g/mol. The van der Waals surface area contributed by atoms with E-state index in [0.29, 0.717) is 41.9 Å². The standard InChI is InChI=1S/C20H19NO6/c1-24-15-4-2-3-5-17(15)27-20(23)13-10-19(22)21(12-13)14-6-7-16-18(11-14)26-9-8-25-16/h2-7,11,13H,8-10,12H2,1H3. The lowest BCUT2D eigenvalue weighted by Gasteiger charge is -2.22. The quantitative estimate of drug-likeness (QED) is 0.609. The molecule has 27 heavy (non-hydrogen) atoms. The number of methoxy groups -OCH3 is 1. The Balaban J connectivity index is 1.48. The maximum atomic E-state index is 12.5. The molecule has 0 bridgehead atoms. The molecule has 4 rings (SSSR count). The Morgan fingerprint density at radius 3 is 2.59 bits per heavy atom. The molecule has 2 aliphatic rings. The Bertz CT molecular complexity index is 881. The zero-order valence-corrected chi connectivity index (χ0v) is 14.8. The van der Waals surface area contributed by atoms with E-state index in [4.69, 9.17) is 18.9 Å². The molecule has 1 fully saturated rings. The number of nitrogens with zero attached hydrogens (tertiary/aromatic N) is 1. The van der Waals surface area contributed by atoms with E-state index < -0.39 is 11.9 Å². The third-order valence-electron chi connectivity index (χ3n) is 4.58. The second-order valence-electron chi connectivity index (χ2n) is 6.31. The molecule has 2 aromatic rings. The van der Waals surface area contributed by atoms with Gasteiger partial charge in [0.25, 0.3) is 0 Å². The Kier molecular flexibility index (Phi) is 4.58. The van der Waals surface area contributed by atoms with Crippen molar-refractivity contribution in [2.45, 2.75) is 6.42 Å². The van der Waals surface area contributed by atoms with Gasteiger partial charge in [0, 0.05) is 24.7 Å². The highest BCUT2D eigenvalue weighted by Gasteiger charge is 2.37. The highest BCUT2D eigenvalue weighted by molar-refractivity contribution is 6.00. The van der Waals surface area contributed by atoms with E-state index in [-0.39, 0.29) is 18.9 Å². The van der Waals surface area contributed by atoms with Crippen LogP contribution in [-0.2, 0) is 9.59 Å². The first-order valence-electron chi connectivity index (χ1n) is 8.70. The first-order chi connectivity index (χ1) is 13.2. The number of hydrogen-bond acceptors (Lipinski definition) is 6. The normalized spacial score (nSPS) is 18.3. The summed E-state index contributed by atoms with van der Waals surface area (Å²) in [6.45, 7) is 1.23. The van der Waals surface area contributed by atoms with Crippen LogP contribution in [0.5, 0.6) is 23.0 Å². The zero-order valence-electron chi connectivity index (χ0n) is 14.8. The van der Waals surface area contributed by atoms with Gasteiger partial charge in [-0.1, -0.05) is 12.1 Å². The van der Waals surface area contributed by atoms with Crippen molar-refractivity contribution in [3.8, 4) is 23.0 Å². The van der Waals surface area contributed by atoms with Crippen LogP contribution in [0.2, 0.25) is 0 Å². The second-order valence-corrected chi connectivity index (χ2v) is 6.31. The Hall–Kier alpha value is -3.22. The molecule has 1 atom stereocenters. The van der Waals surface area contributed by atoms with Crippen LogP contribution in [-0.4, -0.2) is 38.7 Å². The lowest BCUT2D eigenvalue weighted by molar-refractivity contribution is -0.139. The summed E-state index contributed by atoms with van der Waals surface area (Å²) in [6.07, 6.45) is 0.0996. The van der Waals surface area contributed by atoms with Crippen molar-refractivity contribution in [3.05, 3.63) is 42.5 Å². The van der Waals surface area contributed by atoms with Crippen molar-refractivity contribution in [1.82, 2.24) is 0 Å². The molecule has 0 aromatic heterocycles. The lowest BCUT2D eigenvalue weighted by atomic mass is 10.1. The first-order valence-corrected chi connectivity index (χ1v) is 8.70. The van der Waals surface area contributed by atoms with Gasteiger partial charge in [0.1, 0.15) is 13.2 Å². The molecular weight excluding hydrogens is 350 g/mol. The average Bonchev–Trinajstić information content (AvgIpc) is 3.10. The molecular formula is C20H19NO6. The molecule has 2 heterocycles. The molecule has 2 aliphatic heterocycles. The summed E-state index contributed by atoms with van der Waals surface area (Å²) in [5.74, 6) is 0.946. The van der Waals surface area contributed by atoms with Gasteiger partial charge >= 0.3 is 5.97 Å². The van der Waals surface area contributed by atoms with Gasteiger partial charge in [-0.15, -0.1) is 0 Å². The topological polar surface area (TPSA) is 74.3 Å². The van der Waals surface area contributed by atoms with Crippen LogP contribution in [0.4, 0.5) is 5.69 Å². The van der Waals surface area contributed by atoms with Crippen molar-refractivity contribution >= 4 is 17.6 Å². The van der Waals surface area contributed by atoms with Gasteiger partial charge in [0.15, 0.2) is 23.0 Å². The van der Waals surface area contributed by atoms with Gasteiger partial charge in [0.05, 0.1) is 13.0 Å². The number of ether oxygens (including phenoxy) is 4. The molecule has 0 N–H and O–H groups in total. The number of rotatable bonds is 4. The summed E-state index contributed by atoms with van der Waals surface area (Å²) in [4.78, 5) is 26.6. The Labute approximate surface area is 156 Å². The molecule has 0 saturated carbocycles. The van der Waals surface area contributed by atoms with E-state index in [2.05, 4.69) is 0 Å². The van der Waals surface area contributed by atoms with Crippen molar-refractivity contribution in [3.63, 3.8) is 0 Å². The molecule has 2 aromatic carbocycles. The predicted octanol–water partition coefficient (Wildman–Crippen LogP) is 2.42. The van der Waals surface area contributed by atoms with Gasteiger partial charge in [-0.25, -0.2) is 0 Å². The molecule has 0 spiro atoms. The van der Waals surface area contributed by atoms with Crippen molar-refractivity contribution in [1.29, 1.82) is 0 Å². The number of benzene rings is 2. The van der Waals surface area contributed by atoms with E-state index in [9.17, 15) is 9.59 Å². The number of hydrogen-bond donors (Lipinski definition) is 0. The molecule has 1 amide bonds. The van der Waals surface area contributed by atoms with Gasteiger partial charge in [-0.2, -0.15) is 0 Å². The van der Waals surface area contributed by atoms with Crippen LogP contribution in [0.25, 0.3) is 0 Å². The van der Waals surface area contributed by atoms with E-state index >= 15 is 0 Å². The van der Waals surface area contributed by atoms with Crippen LogP contribution >= 0.6 is 0 Å². The summed E-state index contributed by atoms with van der Waals surface area (Å²) in [5, 5.41) is 0. The molecule has 0 radical (unpaired) electrons. The maximum Gasteiger partial charge on any atom is 0.316 e. The van der Waals surface area contributed by atoms with Gasteiger partial charge in [0.2, 0.25) is 5.91 Å². The largest absolute Gasteiger partial charge is 0.493 e. The third kappa shape index (κ3) is 3.40. The summed E-state index contributed by atoms with van der Waals surface area (Å²) in [7, 11) is 1.51. The van der Waals surface area contributed by atoms with E-state index in [1.54, 1.807) is 47.4 Å². The third-order valence-corrected chi connectivity index (χ3v) is 4.58. The van der Waals surface area contributed by atoms with Crippen LogP contribution < -0.4 is 23.8 Å². The van der Waals surface area contributed by atoms with Crippen molar-refractivity contribution < 1.29 is 28.5 Å². The van der Waals surface area contributed by atoms with E-state index in [0.717, 1.165) is 0 Å². The number of anilines is 1. The summed E-state index contributed by atoms with van der Waals surface area (Å²) < 4.78 is 21.7. The summed E-state index contributed by atoms with van der Waals surface area (Å²) >= 11 is 0. The lowest BCUT2D eigenvalue weighted by Crippen LogP contribution is -2.27. The second kappa shape index (κ2) is 7.19. The van der Waals surface area contributed by atoms with Gasteiger partial charge in [-0.3, -0.25) is 9.59 Å². The predicted molar refractivity (Wildman–Crippen MR) is 96.5 cm³/mol. The fraction of sp³-hybridized carbons (Fsp3) is 0.300. The van der Waals surface area contributed by atoms with Crippen LogP contribution in [0.15, 0.2) is 42.5 Å². The molecule has 7 heteroatoms. The summed E-state index contributed by atoms with van der Waals surface area (Å²) in [6, 6.07) is 12.2. The molecule has 0 aliphatic carbocycles.